The van der Waals surface area contributed by atoms with Gasteiger partial charge in [-0.05, 0) is 55.6 Å². The fraction of sp³-hybridized carbons (Fsp3) is 0.345. The number of ketones is 2. The molecule has 2 aromatic rings. The molecule has 1 fully saturated rings. The molecule has 7 N–H and O–H groups in total. The third-order valence-corrected chi connectivity index (χ3v) is 8.19. The summed E-state index contributed by atoms with van der Waals surface area (Å²) in [6.07, 6.45) is 0.309. The summed E-state index contributed by atoms with van der Waals surface area (Å²) in [5.41, 5.74) is 4.37. The number of hydrogen-bond donors (Lipinski definition) is 6. The van der Waals surface area contributed by atoms with Crippen molar-refractivity contribution in [3.8, 4) is 5.75 Å². The van der Waals surface area contributed by atoms with Crippen LogP contribution in [0.15, 0.2) is 59.4 Å². The molecule has 0 spiro atoms. The number of nitrogens with two attached hydrogens (primary N) is 1. The van der Waals surface area contributed by atoms with Gasteiger partial charge in [0.2, 0.25) is 5.78 Å². The van der Waals surface area contributed by atoms with E-state index in [2.05, 4.69) is 5.32 Å². The zero-order valence-corrected chi connectivity index (χ0v) is 21.6. The number of aliphatic hydroxyl groups excluding tert-OH is 2. The minimum atomic E-state index is -2.64. The van der Waals surface area contributed by atoms with Crippen LogP contribution in [0.3, 0.4) is 0 Å². The van der Waals surface area contributed by atoms with Gasteiger partial charge in [-0.25, -0.2) is 0 Å². The normalized spacial score (nSPS) is 26.4. The second-order valence-corrected chi connectivity index (χ2v) is 10.6. The number of phenols is 1. The SMILES string of the molecule is CN(C)C1C(=O)C(C(N)=O)=C(O)C2(O)C(=O)C3=C(O)c4c(O)ccc(CNCc5ccccc5)c4CC3CC12. The van der Waals surface area contributed by atoms with Crippen molar-refractivity contribution >= 4 is 23.2 Å². The number of primary amides is 1. The fourth-order valence-electron chi connectivity index (χ4n) is 6.41. The van der Waals surface area contributed by atoms with Crippen molar-refractivity contribution < 1.29 is 34.8 Å². The molecule has 3 aliphatic carbocycles. The summed E-state index contributed by atoms with van der Waals surface area (Å²) in [6.45, 7) is 1.03. The zero-order valence-electron chi connectivity index (χ0n) is 21.6. The molecule has 0 saturated heterocycles. The molecule has 1 amide bonds. The predicted molar refractivity (Wildman–Crippen MR) is 141 cm³/mol. The number of hydrogen-bond acceptors (Lipinski definition) is 9. The van der Waals surface area contributed by atoms with E-state index in [1.54, 1.807) is 20.2 Å². The summed E-state index contributed by atoms with van der Waals surface area (Å²) in [7, 11) is 3.14. The molecule has 3 aliphatic rings. The second kappa shape index (κ2) is 9.64. The molecule has 5 rings (SSSR count). The summed E-state index contributed by atoms with van der Waals surface area (Å²) in [5.74, 6) is -6.58. The van der Waals surface area contributed by atoms with Crippen LogP contribution in [0.25, 0.3) is 5.76 Å². The van der Waals surface area contributed by atoms with Crippen molar-refractivity contribution in [3.63, 3.8) is 0 Å². The van der Waals surface area contributed by atoms with E-state index in [9.17, 15) is 34.8 Å². The number of carbonyl (C=O) groups excluding carboxylic acids is 3. The smallest absolute Gasteiger partial charge is 0.255 e. The van der Waals surface area contributed by atoms with Gasteiger partial charge in [-0.15, -0.1) is 0 Å². The van der Waals surface area contributed by atoms with Crippen molar-refractivity contribution in [1.82, 2.24) is 10.2 Å². The molecule has 204 valence electrons. The molecule has 4 unspecified atom stereocenters. The molecule has 0 bridgehead atoms. The van der Waals surface area contributed by atoms with Crippen LogP contribution in [-0.2, 0) is 33.9 Å². The standard InChI is InChI=1S/C29H31N3O7/c1-32(2)23-18-11-16-10-17-15(13-31-12-14-6-4-3-5-7-14)8-9-19(33)21(17)24(34)20(16)26(36)29(18,39)27(37)22(25(23)35)28(30)38/h3-9,16,18,23,31,33-34,37,39H,10-13H2,1-2H3,(H2,30,38). The first-order chi connectivity index (χ1) is 18.5. The van der Waals surface area contributed by atoms with Crippen LogP contribution in [0.1, 0.15) is 28.7 Å². The number of rotatable bonds is 6. The number of benzene rings is 2. The Kier molecular flexibility index (Phi) is 6.58. The highest BCUT2D eigenvalue weighted by Crippen LogP contribution is 2.52. The molecule has 39 heavy (non-hydrogen) atoms. The van der Waals surface area contributed by atoms with Crippen LogP contribution in [0.2, 0.25) is 0 Å². The van der Waals surface area contributed by atoms with Gasteiger partial charge < -0.3 is 31.5 Å². The molecule has 4 atom stereocenters. The van der Waals surface area contributed by atoms with Gasteiger partial charge in [0.15, 0.2) is 11.4 Å². The van der Waals surface area contributed by atoms with Gasteiger partial charge in [-0.2, -0.15) is 0 Å². The van der Waals surface area contributed by atoms with E-state index < -0.39 is 58.0 Å². The number of carbonyl (C=O) groups is 3. The van der Waals surface area contributed by atoms with E-state index in [1.807, 2.05) is 30.3 Å². The van der Waals surface area contributed by atoms with E-state index in [0.29, 0.717) is 18.7 Å². The number of aliphatic hydroxyl groups is 3. The van der Waals surface area contributed by atoms with Crippen molar-refractivity contribution in [3.05, 3.63) is 81.6 Å². The van der Waals surface area contributed by atoms with E-state index in [4.69, 9.17) is 5.73 Å². The Balaban J connectivity index is 1.58. The monoisotopic (exact) mass is 533 g/mol. The second-order valence-electron chi connectivity index (χ2n) is 10.6. The Morgan fingerprint density at radius 1 is 1.08 bits per heavy atom. The zero-order chi connectivity index (χ0) is 28.2. The van der Waals surface area contributed by atoms with E-state index in [0.717, 1.165) is 11.1 Å². The first-order valence-corrected chi connectivity index (χ1v) is 12.7. The maximum atomic E-state index is 13.9. The third kappa shape index (κ3) is 4.03. The molecular weight excluding hydrogens is 502 g/mol. The maximum Gasteiger partial charge on any atom is 0.255 e. The van der Waals surface area contributed by atoms with Crippen molar-refractivity contribution in [1.29, 1.82) is 0 Å². The van der Waals surface area contributed by atoms with Crippen LogP contribution in [0.5, 0.6) is 5.75 Å². The fourth-order valence-corrected chi connectivity index (χ4v) is 6.41. The highest BCUT2D eigenvalue weighted by Gasteiger charge is 2.64. The number of amides is 1. The molecule has 0 radical (unpaired) electrons. The lowest BCUT2D eigenvalue weighted by molar-refractivity contribution is -0.153. The molecule has 0 aliphatic heterocycles. The van der Waals surface area contributed by atoms with Gasteiger partial charge in [-0.1, -0.05) is 36.4 Å². The molecule has 10 heteroatoms. The van der Waals surface area contributed by atoms with Crippen LogP contribution in [0, 0.1) is 11.8 Å². The molecule has 2 aromatic carbocycles. The van der Waals surface area contributed by atoms with Crippen LogP contribution >= 0.6 is 0 Å². The summed E-state index contributed by atoms with van der Waals surface area (Å²) in [6, 6.07) is 11.9. The van der Waals surface area contributed by atoms with E-state index in [1.165, 1.54) is 11.0 Å². The summed E-state index contributed by atoms with van der Waals surface area (Å²) < 4.78 is 0. The highest BCUT2D eigenvalue weighted by molar-refractivity contribution is 6.24. The average molecular weight is 534 g/mol. The molecular formula is C29H31N3O7. The third-order valence-electron chi connectivity index (χ3n) is 8.19. The summed E-state index contributed by atoms with van der Waals surface area (Å²) >= 11 is 0. The molecule has 0 aromatic heterocycles. The highest BCUT2D eigenvalue weighted by atomic mass is 16.3. The summed E-state index contributed by atoms with van der Waals surface area (Å²) in [4.78, 5) is 40.6. The van der Waals surface area contributed by atoms with Gasteiger partial charge in [0.05, 0.1) is 11.6 Å². The Morgan fingerprint density at radius 3 is 2.41 bits per heavy atom. The Hall–Kier alpha value is -3.99. The number of nitrogens with one attached hydrogen (secondary N) is 1. The first-order valence-electron chi connectivity index (χ1n) is 12.7. The minimum Gasteiger partial charge on any atom is -0.508 e. The van der Waals surface area contributed by atoms with Crippen LogP contribution in [0.4, 0.5) is 0 Å². The first kappa shape index (κ1) is 26.6. The van der Waals surface area contributed by atoms with E-state index in [-0.39, 0.29) is 29.7 Å². The minimum absolute atomic E-state index is 0.0539. The molecule has 10 nitrogen and oxygen atoms in total. The van der Waals surface area contributed by atoms with Crippen molar-refractivity contribution in [2.45, 2.75) is 37.6 Å². The maximum absolute atomic E-state index is 13.9. The molecule has 0 heterocycles. The Bertz CT molecular complexity index is 1450. The topological polar surface area (TPSA) is 173 Å². The van der Waals surface area contributed by atoms with Crippen molar-refractivity contribution in [2.24, 2.45) is 17.6 Å². The number of likely N-dealkylation sites (N-methyl/N-ethyl adjacent to an activating group) is 1. The number of nitrogens with zero attached hydrogens (tertiary/aromatic N) is 1. The van der Waals surface area contributed by atoms with Crippen LogP contribution < -0.4 is 11.1 Å². The predicted octanol–water partition coefficient (Wildman–Crippen LogP) is 1.25. The van der Waals surface area contributed by atoms with Gasteiger partial charge in [0, 0.05) is 24.6 Å². The van der Waals surface area contributed by atoms with E-state index >= 15 is 0 Å². The number of fused-ring (bicyclic) bond motifs is 3. The Labute approximate surface area is 225 Å². The largest absolute Gasteiger partial charge is 0.508 e. The lowest BCUT2D eigenvalue weighted by atomic mass is 9.57. The van der Waals surface area contributed by atoms with Gasteiger partial charge >= 0.3 is 0 Å². The van der Waals surface area contributed by atoms with Gasteiger partial charge in [0.25, 0.3) is 5.91 Å². The summed E-state index contributed by atoms with van der Waals surface area (Å²) in [5, 5.41) is 48.0. The van der Waals surface area contributed by atoms with Crippen LogP contribution in [-0.4, -0.2) is 68.5 Å². The van der Waals surface area contributed by atoms with Gasteiger partial charge in [0.1, 0.15) is 22.8 Å². The number of Topliss-reactive ketones (excluding diaryl/α,β-unsaturated/α-hetero) is 2. The average Bonchev–Trinajstić information content (AvgIpc) is 2.87. The van der Waals surface area contributed by atoms with Gasteiger partial charge in [-0.3, -0.25) is 19.3 Å². The number of phenolic OH excluding ortho intramolecular Hbond substituents is 1. The quantitative estimate of drug-likeness (QED) is 0.299. The lowest BCUT2D eigenvalue weighted by Crippen LogP contribution is -2.65. The lowest BCUT2D eigenvalue weighted by Gasteiger charge is -2.50. The number of aromatic hydroxyl groups is 1. The molecule has 1 saturated carbocycles. The Morgan fingerprint density at radius 2 is 1.77 bits per heavy atom. The van der Waals surface area contributed by atoms with Crippen molar-refractivity contribution in [2.75, 3.05) is 14.1 Å².